The lowest BCUT2D eigenvalue weighted by Gasteiger charge is -2.05. The molecule has 6 heteroatoms. The third kappa shape index (κ3) is 3.11. The number of aromatic nitrogens is 2. The minimum absolute atomic E-state index is 0.107. The Balaban J connectivity index is 2.11. The lowest BCUT2D eigenvalue weighted by atomic mass is 10.4. The van der Waals surface area contributed by atoms with Crippen molar-refractivity contribution in [3.8, 4) is 0 Å². The smallest absolute Gasteiger partial charge is 0.186 e. The third-order valence-corrected chi connectivity index (χ3v) is 3.48. The van der Waals surface area contributed by atoms with E-state index in [1.807, 2.05) is 24.3 Å². The molecule has 18 heavy (non-hydrogen) atoms. The number of nitrogen functional groups attached to an aromatic ring is 1. The molecule has 0 fully saturated rings. The molecule has 0 bridgehead atoms. The van der Waals surface area contributed by atoms with E-state index in [0.29, 0.717) is 16.6 Å². The summed E-state index contributed by atoms with van der Waals surface area (Å²) >= 11 is 7.41. The molecule has 94 valence electrons. The molecule has 0 atom stereocenters. The number of halogens is 2. The first-order valence-corrected chi connectivity index (χ1v) is 6.59. The van der Waals surface area contributed by atoms with E-state index < -0.39 is 5.82 Å². The van der Waals surface area contributed by atoms with E-state index in [9.17, 15) is 4.39 Å². The molecule has 3 nitrogen and oxygen atoms in total. The summed E-state index contributed by atoms with van der Waals surface area (Å²) in [5, 5.41) is 0.677. The molecule has 1 heterocycles. The zero-order chi connectivity index (χ0) is 13.1. The van der Waals surface area contributed by atoms with E-state index in [0.717, 1.165) is 4.90 Å². The molecule has 0 aliphatic heterocycles. The highest BCUT2D eigenvalue weighted by atomic mass is 35.5. The molecule has 0 spiro atoms. The van der Waals surface area contributed by atoms with Crippen molar-refractivity contribution < 1.29 is 4.39 Å². The summed E-state index contributed by atoms with van der Waals surface area (Å²) in [6.45, 7) is 1.57. The van der Waals surface area contributed by atoms with Gasteiger partial charge < -0.3 is 5.73 Å². The molecule has 1 aromatic heterocycles. The van der Waals surface area contributed by atoms with Crippen LogP contribution in [0.2, 0.25) is 5.02 Å². The van der Waals surface area contributed by atoms with Crippen LogP contribution >= 0.6 is 23.4 Å². The first-order chi connectivity index (χ1) is 8.56. The normalized spacial score (nSPS) is 10.6. The lowest BCUT2D eigenvalue weighted by molar-refractivity contribution is 0.604. The number of aryl methyl sites for hydroxylation is 1. The summed E-state index contributed by atoms with van der Waals surface area (Å²) in [5.41, 5.74) is 5.73. The Morgan fingerprint density at radius 1 is 1.39 bits per heavy atom. The average molecular weight is 284 g/mol. The maximum atomic E-state index is 13.3. The summed E-state index contributed by atoms with van der Waals surface area (Å²) in [4.78, 5) is 8.97. The quantitative estimate of drug-likeness (QED) is 0.877. The van der Waals surface area contributed by atoms with Crippen molar-refractivity contribution in [3.05, 3.63) is 46.6 Å². The second-order valence-electron chi connectivity index (χ2n) is 3.67. The van der Waals surface area contributed by atoms with Crippen molar-refractivity contribution in [3.63, 3.8) is 0 Å². The third-order valence-electron chi connectivity index (χ3n) is 2.25. The molecule has 0 unspecified atom stereocenters. The molecular weight excluding hydrogens is 273 g/mol. The minimum Gasteiger partial charge on any atom is -0.381 e. The van der Waals surface area contributed by atoms with E-state index >= 15 is 0 Å². The molecule has 0 saturated heterocycles. The molecule has 0 aliphatic carbocycles. The van der Waals surface area contributed by atoms with Crippen LogP contribution < -0.4 is 5.73 Å². The Morgan fingerprint density at radius 3 is 2.83 bits per heavy atom. The molecular formula is C12H11ClFN3S. The summed E-state index contributed by atoms with van der Waals surface area (Å²) in [7, 11) is 0. The van der Waals surface area contributed by atoms with Crippen LogP contribution in [0.15, 0.2) is 29.2 Å². The summed E-state index contributed by atoms with van der Waals surface area (Å²) in [5.74, 6) is 0.373. The molecule has 2 aromatic rings. The molecule has 0 saturated carbocycles. The van der Waals surface area contributed by atoms with Crippen LogP contribution in [0.3, 0.4) is 0 Å². The Hall–Kier alpha value is -1.33. The number of hydrogen-bond acceptors (Lipinski definition) is 4. The maximum Gasteiger partial charge on any atom is 0.186 e. The van der Waals surface area contributed by atoms with Crippen LogP contribution in [0.25, 0.3) is 0 Å². The van der Waals surface area contributed by atoms with Crippen molar-refractivity contribution in [2.45, 2.75) is 17.6 Å². The van der Waals surface area contributed by atoms with Crippen molar-refractivity contribution in [2.24, 2.45) is 0 Å². The average Bonchev–Trinajstić information content (AvgIpc) is 2.33. The Kier molecular flexibility index (Phi) is 4.04. The molecule has 0 amide bonds. The van der Waals surface area contributed by atoms with Crippen LogP contribution in [0, 0.1) is 12.7 Å². The first kappa shape index (κ1) is 13.1. The monoisotopic (exact) mass is 283 g/mol. The number of nitrogens with zero attached hydrogens (tertiary/aromatic N) is 2. The number of thioether (sulfide) groups is 1. The molecule has 2 rings (SSSR count). The van der Waals surface area contributed by atoms with E-state index in [4.69, 9.17) is 17.3 Å². The first-order valence-electron chi connectivity index (χ1n) is 5.23. The highest BCUT2D eigenvalue weighted by Gasteiger charge is 2.08. The van der Waals surface area contributed by atoms with Gasteiger partial charge in [0.25, 0.3) is 0 Å². The van der Waals surface area contributed by atoms with Crippen LogP contribution in [-0.4, -0.2) is 9.97 Å². The van der Waals surface area contributed by atoms with Gasteiger partial charge in [0.15, 0.2) is 11.6 Å². The topological polar surface area (TPSA) is 51.8 Å². The van der Waals surface area contributed by atoms with Gasteiger partial charge in [0.1, 0.15) is 5.82 Å². The van der Waals surface area contributed by atoms with E-state index in [1.165, 1.54) is 11.8 Å². The van der Waals surface area contributed by atoms with Crippen molar-refractivity contribution in [1.82, 2.24) is 9.97 Å². The van der Waals surface area contributed by atoms with Crippen LogP contribution in [0.1, 0.15) is 11.5 Å². The van der Waals surface area contributed by atoms with Gasteiger partial charge in [-0.3, -0.25) is 0 Å². The SMILES string of the molecule is Cc1nc(CSc2cccc(Cl)c2)nc(N)c1F. The Bertz CT molecular complexity index is 554. The Labute approximate surface area is 114 Å². The van der Waals surface area contributed by atoms with E-state index in [-0.39, 0.29) is 11.5 Å². The van der Waals surface area contributed by atoms with Crippen LogP contribution in [0.4, 0.5) is 10.2 Å². The molecule has 1 aromatic carbocycles. The number of hydrogen-bond donors (Lipinski definition) is 1. The Morgan fingerprint density at radius 2 is 2.17 bits per heavy atom. The van der Waals surface area contributed by atoms with E-state index in [1.54, 1.807) is 6.92 Å². The zero-order valence-corrected chi connectivity index (χ0v) is 11.2. The predicted molar refractivity (Wildman–Crippen MR) is 72.2 cm³/mol. The zero-order valence-electron chi connectivity index (χ0n) is 9.65. The van der Waals surface area contributed by atoms with Gasteiger partial charge in [0.05, 0.1) is 11.4 Å². The summed E-state index contributed by atoms with van der Waals surface area (Å²) in [6.07, 6.45) is 0. The second-order valence-corrected chi connectivity index (χ2v) is 5.16. The standard InChI is InChI=1S/C12H11ClFN3S/c1-7-11(14)12(15)17-10(16-7)6-18-9-4-2-3-8(13)5-9/h2-5H,6H2,1H3,(H2,15,16,17). The van der Waals surface area contributed by atoms with Crippen molar-refractivity contribution in [2.75, 3.05) is 5.73 Å². The lowest BCUT2D eigenvalue weighted by Crippen LogP contribution is -2.04. The highest BCUT2D eigenvalue weighted by molar-refractivity contribution is 7.98. The van der Waals surface area contributed by atoms with E-state index in [2.05, 4.69) is 9.97 Å². The van der Waals surface area contributed by atoms with Gasteiger partial charge in [-0.2, -0.15) is 0 Å². The predicted octanol–water partition coefficient (Wildman–Crippen LogP) is 3.45. The fourth-order valence-corrected chi connectivity index (χ4v) is 2.48. The fraction of sp³-hybridized carbons (Fsp3) is 0.167. The number of anilines is 1. The number of nitrogens with two attached hydrogens (primary N) is 1. The maximum absolute atomic E-state index is 13.3. The van der Waals surface area contributed by atoms with Gasteiger partial charge in [0, 0.05) is 9.92 Å². The minimum atomic E-state index is -0.550. The molecule has 0 radical (unpaired) electrons. The number of benzene rings is 1. The van der Waals surface area contributed by atoms with Crippen LogP contribution in [0.5, 0.6) is 0 Å². The van der Waals surface area contributed by atoms with Gasteiger partial charge >= 0.3 is 0 Å². The van der Waals surface area contributed by atoms with Crippen molar-refractivity contribution >= 4 is 29.2 Å². The highest BCUT2D eigenvalue weighted by Crippen LogP contribution is 2.24. The second kappa shape index (κ2) is 5.54. The van der Waals surface area contributed by atoms with Gasteiger partial charge in [0.2, 0.25) is 0 Å². The van der Waals surface area contributed by atoms with Gasteiger partial charge in [-0.05, 0) is 25.1 Å². The van der Waals surface area contributed by atoms with Gasteiger partial charge in [-0.25, -0.2) is 14.4 Å². The summed E-state index contributed by atoms with van der Waals surface area (Å²) < 4.78 is 13.3. The van der Waals surface area contributed by atoms with Gasteiger partial charge in [-0.15, -0.1) is 11.8 Å². The largest absolute Gasteiger partial charge is 0.381 e. The number of rotatable bonds is 3. The molecule has 0 aliphatic rings. The molecule has 2 N–H and O–H groups in total. The fourth-order valence-electron chi connectivity index (χ4n) is 1.41. The summed E-state index contributed by atoms with van der Waals surface area (Å²) in [6, 6.07) is 7.47. The van der Waals surface area contributed by atoms with Crippen molar-refractivity contribution in [1.29, 1.82) is 0 Å². The van der Waals surface area contributed by atoms with Gasteiger partial charge in [-0.1, -0.05) is 17.7 Å². The van der Waals surface area contributed by atoms with Crippen LogP contribution in [-0.2, 0) is 5.75 Å².